The van der Waals surface area contributed by atoms with Gasteiger partial charge in [-0.15, -0.1) is 23.7 Å². The molecular formula is C15H27ClN4S. The van der Waals surface area contributed by atoms with Crippen LogP contribution < -0.4 is 10.2 Å². The Morgan fingerprint density at radius 1 is 1.24 bits per heavy atom. The van der Waals surface area contributed by atoms with E-state index in [0.29, 0.717) is 0 Å². The van der Waals surface area contributed by atoms with E-state index < -0.39 is 0 Å². The lowest BCUT2D eigenvalue weighted by atomic mass is 9.97. The van der Waals surface area contributed by atoms with Crippen LogP contribution >= 0.6 is 23.7 Å². The van der Waals surface area contributed by atoms with E-state index in [2.05, 4.69) is 27.0 Å². The van der Waals surface area contributed by atoms with Crippen molar-refractivity contribution >= 4 is 28.9 Å². The molecule has 3 rings (SSSR count). The molecule has 6 heteroatoms. The maximum Gasteiger partial charge on any atom is 0.185 e. The summed E-state index contributed by atoms with van der Waals surface area (Å²) in [6.45, 7) is 10.6. The Morgan fingerprint density at radius 3 is 2.57 bits per heavy atom. The molecule has 2 aliphatic rings. The van der Waals surface area contributed by atoms with Crippen molar-refractivity contribution < 1.29 is 0 Å². The van der Waals surface area contributed by atoms with Crippen molar-refractivity contribution in [2.45, 2.75) is 26.2 Å². The van der Waals surface area contributed by atoms with Crippen molar-refractivity contribution in [2.75, 3.05) is 50.7 Å². The van der Waals surface area contributed by atoms with Crippen LogP contribution in [0.4, 0.5) is 5.13 Å². The van der Waals surface area contributed by atoms with Gasteiger partial charge in [-0.2, -0.15) is 0 Å². The number of aryl methyl sites for hydroxylation is 1. The van der Waals surface area contributed by atoms with Gasteiger partial charge in [0.25, 0.3) is 0 Å². The Morgan fingerprint density at radius 2 is 1.95 bits per heavy atom. The zero-order valence-electron chi connectivity index (χ0n) is 12.9. The number of halogens is 1. The van der Waals surface area contributed by atoms with Gasteiger partial charge in [0.2, 0.25) is 0 Å². The van der Waals surface area contributed by atoms with Crippen LogP contribution in [0.2, 0.25) is 0 Å². The second-order valence-electron chi connectivity index (χ2n) is 5.94. The first-order valence-corrected chi connectivity index (χ1v) is 8.79. The van der Waals surface area contributed by atoms with Gasteiger partial charge >= 0.3 is 0 Å². The Labute approximate surface area is 138 Å². The standard InChI is InChI=1S/C15H26N4S.ClH/c1-2-14-11-17-15(20-14)19-9-7-18(8-10-19)12-13-3-5-16-6-4-13;/h11,13,16H,2-10,12H2,1H3;1H. The SMILES string of the molecule is CCc1cnc(N2CCN(CC3CCNCC3)CC2)s1.Cl. The van der Waals surface area contributed by atoms with Gasteiger partial charge in [0.1, 0.15) is 0 Å². The number of rotatable bonds is 4. The van der Waals surface area contributed by atoms with Gasteiger partial charge in [0.05, 0.1) is 0 Å². The molecule has 21 heavy (non-hydrogen) atoms. The smallest absolute Gasteiger partial charge is 0.185 e. The fraction of sp³-hybridized carbons (Fsp3) is 0.800. The fourth-order valence-electron chi connectivity index (χ4n) is 3.16. The van der Waals surface area contributed by atoms with Crippen LogP contribution in [0, 0.1) is 5.92 Å². The largest absolute Gasteiger partial charge is 0.346 e. The fourth-order valence-corrected chi connectivity index (χ4v) is 4.06. The molecule has 2 fully saturated rings. The molecular weight excluding hydrogens is 304 g/mol. The van der Waals surface area contributed by atoms with Crippen LogP contribution in [-0.2, 0) is 6.42 Å². The minimum atomic E-state index is 0. The molecule has 0 radical (unpaired) electrons. The van der Waals surface area contributed by atoms with Gasteiger partial charge < -0.3 is 10.2 Å². The molecule has 1 N–H and O–H groups in total. The van der Waals surface area contributed by atoms with E-state index in [4.69, 9.17) is 0 Å². The van der Waals surface area contributed by atoms with E-state index in [9.17, 15) is 0 Å². The van der Waals surface area contributed by atoms with Crippen LogP contribution in [0.15, 0.2) is 6.20 Å². The van der Waals surface area contributed by atoms with E-state index >= 15 is 0 Å². The van der Waals surface area contributed by atoms with Gasteiger partial charge in [-0.1, -0.05) is 6.92 Å². The van der Waals surface area contributed by atoms with Gasteiger partial charge in [-0.05, 0) is 38.3 Å². The van der Waals surface area contributed by atoms with E-state index in [1.807, 2.05) is 17.5 Å². The first-order valence-electron chi connectivity index (χ1n) is 7.98. The Kier molecular flexibility index (Phi) is 6.74. The van der Waals surface area contributed by atoms with Crippen molar-refractivity contribution in [1.82, 2.24) is 15.2 Å². The monoisotopic (exact) mass is 330 g/mol. The lowest BCUT2D eigenvalue weighted by molar-refractivity contribution is 0.196. The third-order valence-corrected chi connectivity index (χ3v) is 5.71. The molecule has 0 saturated carbocycles. The number of thiazole rings is 1. The number of hydrogen-bond donors (Lipinski definition) is 1. The second-order valence-corrected chi connectivity index (χ2v) is 7.04. The van der Waals surface area contributed by atoms with Crippen LogP contribution in [0.1, 0.15) is 24.6 Å². The number of hydrogen-bond acceptors (Lipinski definition) is 5. The lowest BCUT2D eigenvalue weighted by Gasteiger charge is -2.37. The summed E-state index contributed by atoms with van der Waals surface area (Å²) in [5, 5.41) is 4.68. The highest BCUT2D eigenvalue weighted by atomic mass is 35.5. The maximum absolute atomic E-state index is 4.57. The number of nitrogens with zero attached hydrogens (tertiary/aromatic N) is 3. The maximum atomic E-state index is 4.57. The molecule has 2 saturated heterocycles. The summed E-state index contributed by atoms with van der Waals surface area (Å²) in [5.74, 6) is 0.911. The number of aromatic nitrogens is 1. The quantitative estimate of drug-likeness (QED) is 0.917. The van der Waals surface area contributed by atoms with Gasteiger partial charge in [-0.25, -0.2) is 4.98 Å². The summed E-state index contributed by atoms with van der Waals surface area (Å²) in [7, 11) is 0. The van der Waals surface area contributed by atoms with E-state index in [1.54, 1.807) is 0 Å². The number of piperidine rings is 1. The number of piperazine rings is 1. The molecule has 1 aromatic heterocycles. The second kappa shape index (κ2) is 8.32. The summed E-state index contributed by atoms with van der Waals surface area (Å²) in [6.07, 6.45) is 5.86. The molecule has 2 aliphatic heterocycles. The predicted molar refractivity (Wildman–Crippen MR) is 93.0 cm³/mol. The molecule has 0 aliphatic carbocycles. The molecule has 0 atom stereocenters. The molecule has 3 heterocycles. The van der Waals surface area contributed by atoms with Crippen molar-refractivity contribution in [3.05, 3.63) is 11.1 Å². The highest BCUT2D eigenvalue weighted by Gasteiger charge is 2.22. The predicted octanol–water partition coefficient (Wildman–Crippen LogP) is 2.25. The van der Waals surface area contributed by atoms with Crippen LogP contribution in [0.5, 0.6) is 0 Å². The zero-order chi connectivity index (χ0) is 13.8. The van der Waals surface area contributed by atoms with Crippen molar-refractivity contribution in [2.24, 2.45) is 5.92 Å². The molecule has 120 valence electrons. The van der Waals surface area contributed by atoms with Crippen LogP contribution in [-0.4, -0.2) is 55.7 Å². The zero-order valence-corrected chi connectivity index (χ0v) is 14.5. The molecule has 4 nitrogen and oxygen atoms in total. The Bertz CT molecular complexity index is 412. The number of anilines is 1. The third-order valence-electron chi connectivity index (χ3n) is 4.51. The topological polar surface area (TPSA) is 31.4 Å². The van der Waals surface area contributed by atoms with Gasteiger partial charge in [-0.3, -0.25) is 4.90 Å². The summed E-state index contributed by atoms with van der Waals surface area (Å²) in [4.78, 5) is 11.1. The molecule has 0 amide bonds. The van der Waals surface area contributed by atoms with Crippen LogP contribution in [0.25, 0.3) is 0 Å². The third kappa shape index (κ3) is 4.55. The minimum absolute atomic E-state index is 0. The van der Waals surface area contributed by atoms with Crippen molar-refractivity contribution in [3.63, 3.8) is 0 Å². The van der Waals surface area contributed by atoms with Gasteiger partial charge in [0.15, 0.2) is 5.13 Å². The first kappa shape index (κ1) is 17.0. The minimum Gasteiger partial charge on any atom is -0.346 e. The Hall–Kier alpha value is -0.360. The van der Waals surface area contributed by atoms with E-state index in [-0.39, 0.29) is 12.4 Å². The summed E-state index contributed by atoms with van der Waals surface area (Å²) in [5.41, 5.74) is 0. The summed E-state index contributed by atoms with van der Waals surface area (Å²) in [6, 6.07) is 0. The molecule has 1 aromatic rings. The van der Waals surface area contributed by atoms with Crippen molar-refractivity contribution in [3.8, 4) is 0 Å². The molecule has 0 bridgehead atoms. The molecule has 0 unspecified atom stereocenters. The average Bonchev–Trinajstić information content (AvgIpc) is 2.98. The summed E-state index contributed by atoms with van der Waals surface area (Å²) < 4.78 is 0. The van der Waals surface area contributed by atoms with E-state index in [1.165, 1.54) is 55.6 Å². The summed E-state index contributed by atoms with van der Waals surface area (Å²) >= 11 is 1.86. The van der Waals surface area contributed by atoms with E-state index in [0.717, 1.165) is 25.4 Å². The molecule has 0 spiro atoms. The van der Waals surface area contributed by atoms with Gasteiger partial charge in [0, 0.05) is 43.8 Å². The highest BCUT2D eigenvalue weighted by Crippen LogP contribution is 2.24. The number of nitrogens with one attached hydrogen (secondary N) is 1. The highest BCUT2D eigenvalue weighted by molar-refractivity contribution is 7.15. The lowest BCUT2D eigenvalue weighted by Crippen LogP contribution is -2.48. The van der Waals surface area contributed by atoms with Crippen LogP contribution in [0.3, 0.4) is 0 Å². The van der Waals surface area contributed by atoms with Crippen molar-refractivity contribution in [1.29, 1.82) is 0 Å². The molecule has 0 aromatic carbocycles. The Balaban J connectivity index is 0.00000161. The average molecular weight is 331 g/mol. The first-order chi connectivity index (χ1) is 9.85. The normalized spacial score (nSPS) is 21.3.